The second kappa shape index (κ2) is 6.84. The van der Waals surface area contributed by atoms with Crippen molar-refractivity contribution in [2.75, 3.05) is 0 Å². The molecule has 1 fully saturated rings. The van der Waals surface area contributed by atoms with E-state index in [4.69, 9.17) is 11.2 Å². The zero-order valence-corrected chi connectivity index (χ0v) is 16.2. The Morgan fingerprint density at radius 1 is 1.19 bits per heavy atom. The molecule has 1 saturated heterocycles. The fourth-order valence-electron chi connectivity index (χ4n) is 3.45. The fraction of sp³-hybridized carbons (Fsp3) is 0.286. The predicted molar refractivity (Wildman–Crippen MR) is 102 cm³/mol. The van der Waals surface area contributed by atoms with E-state index >= 15 is 0 Å². The second-order valence-electron chi connectivity index (χ2n) is 6.81. The number of sulfonamides is 1. The van der Waals surface area contributed by atoms with Gasteiger partial charge in [0.15, 0.2) is 6.10 Å². The van der Waals surface area contributed by atoms with Crippen molar-refractivity contribution in [1.29, 1.82) is 0 Å². The molecule has 0 radical (unpaired) electrons. The summed E-state index contributed by atoms with van der Waals surface area (Å²) in [6, 6.07) is 15.3. The number of ether oxygens (including phenoxy) is 1. The molecule has 1 aliphatic rings. The molecule has 0 amide bonds. The van der Waals surface area contributed by atoms with Crippen LogP contribution in [0.1, 0.15) is 31.0 Å². The Kier molecular flexibility index (Phi) is 4.85. The standard InChI is InChI=1S/C21H21NO4S/c1-5-19(26-16(3)23)21(4)20(17-9-7-6-8-10-17)22(21)27(24,25)18-13-11-15(2)12-14-18/h1,6-14,19-20H,2-4H3/t19-,20+,21+,22?/m1/s1. The van der Waals surface area contributed by atoms with Gasteiger partial charge in [0.1, 0.15) is 5.54 Å². The molecule has 0 aliphatic carbocycles. The lowest BCUT2D eigenvalue weighted by atomic mass is 9.96. The Morgan fingerprint density at radius 3 is 2.30 bits per heavy atom. The lowest BCUT2D eigenvalue weighted by Crippen LogP contribution is -2.35. The molecule has 0 bridgehead atoms. The molecule has 4 atom stereocenters. The summed E-state index contributed by atoms with van der Waals surface area (Å²) in [7, 11) is -3.83. The molecule has 2 aromatic carbocycles. The van der Waals surface area contributed by atoms with E-state index < -0.39 is 33.7 Å². The maximum atomic E-state index is 13.3. The first-order valence-corrected chi connectivity index (χ1v) is 9.96. The summed E-state index contributed by atoms with van der Waals surface area (Å²) in [6.07, 6.45) is 4.60. The first-order valence-electron chi connectivity index (χ1n) is 8.52. The summed E-state index contributed by atoms with van der Waals surface area (Å²) < 4.78 is 33.3. The topological polar surface area (TPSA) is 63.5 Å². The highest BCUT2D eigenvalue weighted by atomic mass is 32.2. The molecule has 1 unspecified atom stereocenters. The van der Waals surface area contributed by atoms with Gasteiger partial charge in [-0.2, -0.15) is 4.31 Å². The number of rotatable bonds is 5. The maximum absolute atomic E-state index is 13.3. The number of carbonyl (C=O) groups excluding carboxylic acids is 1. The minimum absolute atomic E-state index is 0.177. The number of terminal acetylenes is 1. The van der Waals surface area contributed by atoms with Gasteiger partial charge in [0.2, 0.25) is 10.0 Å². The Bertz CT molecular complexity index is 993. The van der Waals surface area contributed by atoms with Gasteiger partial charge < -0.3 is 4.74 Å². The number of esters is 1. The molecule has 2 aromatic rings. The predicted octanol–water partition coefficient (Wildman–Crippen LogP) is 3.06. The van der Waals surface area contributed by atoms with Crippen LogP contribution in [0.4, 0.5) is 0 Å². The Labute approximate surface area is 160 Å². The highest BCUT2D eigenvalue weighted by Crippen LogP contribution is 2.58. The smallest absolute Gasteiger partial charge is 0.303 e. The van der Waals surface area contributed by atoms with Gasteiger partial charge >= 0.3 is 5.97 Å². The van der Waals surface area contributed by atoms with Crippen LogP contribution in [0.2, 0.25) is 0 Å². The molecule has 6 heteroatoms. The monoisotopic (exact) mass is 383 g/mol. The highest BCUT2D eigenvalue weighted by Gasteiger charge is 2.70. The molecular weight excluding hydrogens is 362 g/mol. The van der Waals surface area contributed by atoms with Crippen molar-refractivity contribution < 1.29 is 17.9 Å². The van der Waals surface area contributed by atoms with Gasteiger partial charge in [-0.25, -0.2) is 8.42 Å². The minimum Gasteiger partial charge on any atom is -0.447 e. The Morgan fingerprint density at radius 2 is 1.78 bits per heavy atom. The van der Waals surface area contributed by atoms with E-state index in [2.05, 4.69) is 5.92 Å². The quantitative estimate of drug-likeness (QED) is 0.452. The normalized spacial score (nSPS) is 25.3. The zero-order valence-electron chi connectivity index (χ0n) is 15.4. The van der Waals surface area contributed by atoms with E-state index in [-0.39, 0.29) is 4.90 Å². The molecule has 140 valence electrons. The summed E-state index contributed by atoms with van der Waals surface area (Å²) in [5, 5.41) is 0. The highest BCUT2D eigenvalue weighted by molar-refractivity contribution is 7.89. The van der Waals surface area contributed by atoms with Gasteiger partial charge in [-0.05, 0) is 31.5 Å². The lowest BCUT2D eigenvalue weighted by molar-refractivity contribution is -0.145. The third-order valence-corrected chi connectivity index (χ3v) is 6.84. The van der Waals surface area contributed by atoms with Gasteiger partial charge in [0.05, 0.1) is 10.9 Å². The van der Waals surface area contributed by atoms with Crippen molar-refractivity contribution >= 4 is 16.0 Å². The Balaban J connectivity index is 2.09. The number of hydrogen-bond donors (Lipinski definition) is 0. The average Bonchev–Trinajstić information content (AvgIpc) is 3.28. The molecular formula is C21H21NO4S. The maximum Gasteiger partial charge on any atom is 0.303 e. The molecule has 0 aromatic heterocycles. The molecule has 0 saturated carbocycles. The second-order valence-corrected chi connectivity index (χ2v) is 8.62. The average molecular weight is 383 g/mol. The molecule has 0 spiro atoms. The SMILES string of the molecule is C#C[C@@H](OC(C)=O)[C@@]1(C)[C@H](c2ccccc2)N1S(=O)(=O)c1ccc(C)cc1. The van der Waals surface area contributed by atoms with Crippen molar-refractivity contribution in [3.8, 4) is 12.3 Å². The minimum atomic E-state index is -3.83. The third kappa shape index (κ3) is 3.25. The molecule has 1 heterocycles. The van der Waals surface area contributed by atoms with Crippen LogP contribution in [0.3, 0.4) is 0 Å². The summed E-state index contributed by atoms with van der Waals surface area (Å²) in [5.74, 6) is 1.90. The van der Waals surface area contributed by atoms with E-state index in [0.29, 0.717) is 0 Å². The van der Waals surface area contributed by atoms with Crippen LogP contribution in [0.25, 0.3) is 0 Å². The van der Waals surface area contributed by atoms with E-state index in [1.54, 1.807) is 31.2 Å². The van der Waals surface area contributed by atoms with E-state index in [1.807, 2.05) is 37.3 Å². The molecule has 0 N–H and O–H groups in total. The van der Waals surface area contributed by atoms with Crippen molar-refractivity contribution in [3.05, 3.63) is 65.7 Å². The van der Waals surface area contributed by atoms with Gasteiger partial charge in [-0.1, -0.05) is 53.9 Å². The van der Waals surface area contributed by atoms with Crippen molar-refractivity contribution in [2.24, 2.45) is 0 Å². The first-order chi connectivity index (χ1) is 12.7. The van der Waals surface area contributed by atoms with E-state index in [9.17, 15) is 13.2 Å². The molecule has 1 aliphatic heterocycles. The third-order valence-electron chi connectivity index (χ3n) is 4.85. The molecule has 5 nitrogen and oxygen atoms in total. The van der Waals surface area contributed by atoms with Crippen LogP contribution in [-0.4, -0.2) is 30.3 Å². The molecule has 27 heavy (non-hydrogen) atoms. The van der Waals surface area contributed by atoms with Crippen LogP contribution in [0.15, 0.2) is 59.5 Å². The van der Waals surface area contributed by atoms with Crippen molar-refractivity contribution in [1.82, 2.24) is 4.31 Å². The Hall–Kier alpha value is -2.62. The largest absolute Gasteiger partial charge is 0.447 e. The number of benzene rings is 2. The van der Waals surface area contributed by atoms with Crippen molar-refractivity contribution in [2.45, 2.75) is 43.4 Å². The van der Waals surface area contributed by atoms with Crippen LogP contribution >= 0.6 is 0 Å². The van der Waals surface area contributed by atoms with E-state index in [0.717, 1.165) is 11.1 Å². The summed E-state index contributed by atoms with van der Waals surface area (Å²) >= 11 is 0. The van der Waals surface area contributed by atoms with Crippen LogP contribution in [0, 0.1) is 19.3 Å². The summed E-state index contributed by atoms with van der Waals surface area (Å²) in [4.78, 5) is 11.7. The van der Waals surface area contributed by atoms with E-state index in [1.165, 1.54) is 11.2 Å². The number of nitrogens with zero attached hydrogens (tertiary/aromatic N) is 1. The number of aryl methyl sites for hydroxylation is 1. The number of carbonyl (C=O) groups is 1. The fourth-order valence-corrected chi connectivity index (χ4v) is 5.44. The zero-order chi connectivity index (χ0) is 19.8. The van der Waals surface area contributed by atoms with Crippen molar-refractivity contribution in [3.63, 3.8) is 0 Å². The molecule has 3 rings (SSSR count). The summed E-state index contributed by atoms with van der Waals surface area (Å²) in [6.45, 7) is 4.86. The summed E-state index contributed by atoms with van der Waals surface area (Å²) in [5.41, 5.74) is 0.692. The first kappa shape index (κ1) is 19.2. The van der Waals surface area contributed by atoms with Crippen LogP contribution in [-0.2, 0) is 19.6 Å². The van der Waals surface area contributed by atoms with Crippen LogP contribution < -0.4 is 0 Å². The van der Waals surface area contributed by atoms with Gasteiger partial charge in [-0.3, -0.25) is 4.79 Å². The van der Waals surface area contributed by atoms with Gasteiger partial charge in [0.25, 0.3) is 0 Å². The lowest BCUT2D eigenvalue weighted by Gasteiger charge is -2.19. The van der Waals surface area contributed by atoms with Crippen LogP contribution in [0.5, 0.6) is 0 Å². The van der Waals surface area contributed by atoms with Gasteiger partial charge in [-0.15, -0.1) is 6.42 Å². The number of hydrogen-bond acceptors (Lipinski definition) is 4. The van der Waals surface area contributed by atoms with Gasteiger partial charge in [0, 0.05) is 6.92 Å².